The van der Waals surface area contributed by atoms with Crippen LogP contribution in [0.3, 0.4) is 0 Å². The molecule has 2 N–H and O–H groups in total. The minimum absolute atomic E-state index is 0.114. The van der Waals surface area contributed by atoms with E-state index in [9.17, 15) is 9.59 Å². The van der Waals surface area contributed by atoms with Gasteiger partial charge in [0.2, 0.25) is 5.91 Å². The first-order valence-electron chi connectivity index (χ1n) is 6.30. The molecule has 0 heterocycles. The number of carbonyl (C=O) groups excluding carboxylic acids is 1. The molecule has 0 atom stereocenters. The Hall–Kier alpha value is -1.46. The van der Waals surface area contributed by atoms with Crippen molar-refractivity contribution in [3.05, 3.63) is 28.2 Å². The summed E-state index contributed by atoms with van der Waals surface area (Å²) in [5.74, 6) is -0.726. The smallest absolute Gasteiger partial charge is 0.305 e. The van der Waals surface area contributed by atoms with Crippen molar-refractivity contribution >= 4 is 35.1 Å². The molecule has 0 aromatic heterocycles. The lowest BCUT2D eigenvalue weighted by molar-refractivity contribution is -0.138. The van der Waals surface area contributed by atoms with Gasteiger partial charge in [-0.25, -0.2) is 0 Å². The van der Waals surface area contributed by atoms with Crippen LogP contribution in [0.1, 0.15) is 26.7 Å². The fraction of sp³-hybridized carbons (Fsp3) is 0.429. The van der Waals surface area contributed by atoms with Crippen LogP contribution in [-0.4, -0.2) is 29.1 Å². The fourth-order valence-electron chi connectivity index (χ4n) is 1.69. The molecular weight excluding hydrogens is 317 g/mol. The Morgan fingerprint density at radius 2 is 1.95 bits per heavy atom. The van der Waals surface area contributed by atoms with Crippen molar-refractivity contribution < 1.29 is 19.4 Å². The highest BCUT2D eigenvalue weighted by molar-refractivity contribution is 6.42. The average molecular weight is 334 g/mol. The highest BCUT2D eigenvalue weighted by atomic mass is 35.5. The van der Waals surface area contributed by atoms with Gasteiger partial charge < -0.3 is 15.2 Å². The van der Waals surface area contributed by atoms with Gasteiger partial charge in [-0.1, -0.05) is 23.2 Å². The van der Waals surface area contributed by atoms with E-state index in [4.69, 9.17) is 33.0 Å². The van der Waals surface area contributed by atoms with E-state index in [0.717, 1.165) is 0 Å². The van der Waals surface area contributed by atoms with E-state index >= 15 is 0 Å². The molecule has 0 saturated carbocycles. The maximum atomic E-state index is 11.7. The van der Waals surface area contributed by atoms with Gasteiger partial charge in [0.05, 0.1) is 29.5 Å². The summed E-state index contributed by atoms with van der Waals surface area (Å²) in [6.07, 6.45) is -0.0321. The number of amides is 1. The van der Waals surface area contributed by atoms with Gasteiger partial charge >= 0.3 is 5.97 Å². The van der Waals surface area contributed by atoms with E-state index < -0.39 is 11.5 Å². The van der Waals surface area contributed by atoms with Crippen LogP contribution < -0.4 is 10.1 Å². The molecule has 116 valence electrons. The Morgan fingerprint density at radius 3 is 2.52 bits per heavy atom. The van der Waals surface area contributed by atoms with Gasteiger partial charge in [0.15, 0.2) is 0 Å². The van der Waals surface area contributed by atoms with Crippen LogP contribution in [0.2, 0.25) is 10.0 Å². The van der Waals surface area contributed by atoms with Crippen molar-refractivity contribution in [2.75, 3.05) is 6.61 Å². The highest BCUT2D eigenvalue weighted by Gasteiger charge is 2.23. The lowest BCUT2D eigenvalue weighted by Crippen LogP contribution is -2.45. The standard InChI is InChI=1S/C14H17Cl2NO4/c1-14(2,8-13(19)20)17-12(18)5-6-21-9-3-4-10(15)11(16)7-9/h3-4,7H,5-6,8H2,1-2H3,(H,17,18)(H,19,20). The summed E-state index contributed by atoms with van der Waals surface area (Å²) in [6.45, 7) is 3.46. The van der Waals surface area contributed by atoms with Gasteiger partial charge in [-0.2, -0.15) is 0 Å². The molecule has 7 heteroatoms. The molecule has 0 aliphatic carbocycles. The number of hydrogen-bond donors (Lipinski definition) is 2. The highest BCUT2D eigenvalue weighted by Crippen LogP contribution is 2.26. The molecule has 1 amide bonds. The molecule has 1 aromatic carbocycles. The van der Waals surface area contributed by atoms with Crippen LogP contribution >= 0.6 is 23.2 Å². The molecule has 1 rings (SSSR count). The summed E-state index contributed by atoms with van der Waals surface area (Å²) in [7, 11) is 0. The number of carboxylic acids is 1. The third kappa shape index (κ3) is 6.69. The lowest BCUT2D eigenvalue weighted by Gasteiger charge is -2.24. The van der Waals surface area contributed by atoms with Crippen LogP contribution in [0.25, 0.3) is 0 Å². The number of aliphatic carboxylic acids is 1. The Morgan fingerprint density at radius 1 is 1.29 bits per heavy atom. The average Bonchev–Trinajstić information content (AvgIpc) is 2.31. The van der Waals surface area contributed by atoms with Gasteiger partial charge in [-0.05, 0) is 26.0 Å². The van der Waals surface area contributed by atoms with Crippen LogP contribution in [-0.2, 0) is 9.59 Å². The van der Waals surface area contributed by atoms with Crippen molar-refractivity contribution in [3.8, 4) is 5.75 Å². The number of hydrogen-bond acceptors (Lipinski definition) is 3. The minimum atomic E-state index is -0.965. The van der Waals surface area contributed by atoms with Crippen molar-refractivity contribution in [2.45, 2.75) is 32.2 Å². The predicted octanol–water partition coefficient (Wildman–Crippen LogP) is 3.13. The quantitative estimate of drug-likeness (QED) is 0.803. The summed E-state index contributed by atoms with van der Waals surface area (Å²) < 4.78 is 5.39. The summed E-state index contributed by atoms with van der Waals surface area (Å²) >= 11 is 11.6. The first-order chi connectivity index (χ1) is 9.69. The Kier molecular flexibility index (Phi) is 6.30. The largest absolute Gasteiger partial charge is 0.493 e. The van der Waals surface area contributed by atoms with Crippen LogP contribution in [0.4, 0.5) is 0 Å². The maximum absolute atomic E-state index is 11.7. The van der Waals surface area contributed by atoms with Gasteiger partial charge in [-0.15, -0.1) is 0 Å². The Balaban J connectivity index is 2.39. The minimum Gasteiger partial charge on any atom is -0.493 e. The van der Waals surface area contributed by atoms with E-state index in [1.54, 1.807) is 32.0 Å². The lowest BCUT2D eigenvalue weighted by atomic mass is 10.0. The molecule has 0 spiro atoms. The van der Waals surface area contributed by atoms with Crippen molar-refractivity contribution in [1.82, 2.24) is 5.32 Å². The number of carboxylic acid groups (broad SMARTS) is 1. The molecule has 0 aliphatic rings. The molecule has 21 heavy (non-hydrogen) atoms. The van der Waals surface area contributed by atoms with Crippen molar-refractivity contribution in [2.24, 2.45) is 0 Å². The first-order valence-corrected chi connectivity index (χ1v) is 7.06. The monoisotopic (exact) mass is 333 g/mol. The van der Waals surface area contributed by atoms with E-state index in [-0.39, 0.29) is 25.4 Å². The fourth-order valence-corrected chi connectivity index (χ4v) is 1.98. The number of halogens is 2. The molecule has 0 aliphatic heterocycles. The Bertz CT molecular complexity index is 532. The van der Waals surface area contributed by atoms with E-state index in [1.807, 2.05) is 0 Å². The molecule has 0 fully saturated rings. The molecule has 0 unspecified atom stereocenters. The van der Waals surface area contributed by atoms with Crippen molar-refractivity contribution in [1.29, 1.82) is 0 Å². The Labute approximate surface area is 133 Å². The number of benzene rings is 1. The molecule has 1 aromatic rings. The third-order valence-corrected chi connectivity index (χ3v) is 3.30. The molecule has 0 bridgehead atoms. The van der Waals surface area contributed by atoms with Crippen LogP contribution in [0.5, 0.6) is 5.75 Å². The molecule has 0 saturated heterocycles. The van der Waals surface area contributed by atoms with Crippen molar-refractivity contribution in [3.63, 3.8) is 0 Å². The number of nitrogens with one attached hydrogen (secondary N) is 1. The van der Waals surface area contributed by atoms with Gasteiger partial charge in [0.1, 0.15) is 5.75 Å². The second-order valence-electron chi connectivity index (χ2n) is 5.18. The second kappa shape index (κ2) is 7.52. The molecule has 5 nitrogen and oxygen atoms in total. The summed E-state index contributed by atoms with van der Waals surface area (Å²) in [5.41, 5.74) is -0.799. The second-order valence-corrected chi connectivity index (χ2v) is 5.99. The molecule has 0 radical (unpaired) electrons. The zero-order valence-electron chi connectivity index (χ0n) is 11.8. The predicted molar refractivity (Wildman–Crippen MR) is 81.0 cm³/mol. The zero-order chi connectivity index (χ0) is 16.0. The van der Waals surface area contributed by atoms with Gasteiger partial charge in [0, 0.05) is 11.6 Å². The summed E-state index contributed by atoms with van der Waals surface area (Å²) in [4.78, 5) is 22.4. The SMILES string of the molecule is CC(C)(CC(=O)O)NC(=O)CCOc1ccc(Cl)c(Cl)c1. The van der Waals surface area contributed by atoms with Gasteiger partial charge in [-0.3, -0.25) is 9.59 Å². The summed E-state index contributed by atoms with van der Waals surface area (Å²) in [5, 5.41) is 12.2. The van der Waals surface area contributed by atoms with E-state index in [1.165, 1.54) is 0 Å². The number of rotatable bonds is 7. The number of carbonyl (C=O) groups is 2. The zero-order valence-corrected chi connectivity index (χ0v) is 13.3. The maximum Gasteiger partial charge on any atom is 0.305 e. The topological polar surface area (TPSA) is 75.6 Å². The van der Waals surface area contributed by atoms with Gasteiger partial charge in [0.25, 0.3) is 0 Å². The van der Waals surface area contributed by atoms with Crippen LogP contribution in [0.15, 0.2) is 18.2 Å². The third-order valence-electron chi connectivity index (χ3n) is 2.56. The van der Waals surface area contributed by atoms with Crippen LogP contribution in [0, 0.1) is 0 Å². The number of ether oxygens (including phenoxy) is 1. The normalized spacial score (nSPS) is 11.0. The first kappa shape index (κ1) is 17.6. The molecular formula is C14H17Cl2NO4. The van der Waals surface area contributed by atoms with E-state index in [2.05, 4.69) is 5.32 Å². The summed E-state index contributed by atoms with van der Waals surface area (Å²) in [6, 6.07) is 4.83. The van der Waals surface area contributed by atoms with E-state index in [0.29, 0.717) is 15.8 Å².